The van der Waals surface area contributed by atoms with Crippen molar-refractivity contribution in [2.75, 3.05) is 0 Å². The largest absolute Gasteiger partial charge is 0.0699 e. The molecule has 0 spiro atoms. The van der Waals surface area contributed by atoms with Crippen LogP contribution in [0.2, 0.25) is 0 Å². The summed E-state index contributed by atoms with van der Waals surface area (Å²) in [6, 6.07) is 29.2. The summed E-state index contributed by atoms with van der Waals surface area (Å²) in [6.45, 7) is 9.97. The van der Waals surface area contributed by atoms with E-state index in [0.717, 1.165) is 0 Å². The third kappa shape index (κ3) is 1.03. The van der Waals surface area contributed by atoms with Gasteiger partial charge in [-0.05, 0) is 45.5 Å². The monoisotopic (exact) mass is 334 g/mol. The van der Waals surface area contributed by atoms with Crippen molar-refractivity contribution < 1.29 is 0 Å². The highest BCUT2D eigenvalue weighted by atomic mass is 14.8. The van der Waals surface area contributed by atoms with Crippen LogP contribution in [0, 0.1) is 17.5 Å². The molecule has 0 N–H and O–H groups in total. The average Bonchev–Trinajstić information content (AvgIpc) is 3.05. The quantitative estimate of drug-likeness (QED) is 0.505. The lowest BCUT2D eigenvalue weighted by Gasteiger charge is -2.49. The molecule has 0 nitrogen and oxygen atoms in total. The van der Waals surface area contributed by atoms with E-state index in [-0.39, 0.29) is 21.7 Å². The maximum absolute atomic E-state index is 3.27. The van der Waals surface area contributed by atoms with Crippen LogP contribution in [-0.2, 0) is 16.2 Å². The van der Waals surface area contributed by atoms with Gasteiger partial charge in [-0.1, -0.05) is 88.4 Å². The van der Waals surface area contributed by atoms with E-state index >= 15 is 0 Å². The second-order valence-electron chi connectivity index (χ2n) is 9.00. The van der Waals surface area contributed by atoms with E-state index in [4.69, 9.17) is 0 Å². The van der Waals surface area contributed by atoms with Gasteiger partial charge in [0.1, 0.15) is 0 Å². The van der Waals surface area contributed by atoms with E-state index in [1.54, 1.807) is 0 Å². The molecule has 4 atom stereocenters. The number of fused-ring (bicyclic) bond motifs is 9. The average molecular weight is 334 g/mol. The number of hydrogen-bond donors (Lipinski definition) is 0. The van der Waals surface area contributed by atoms with Crippen LogP contribution in [0.3, 0.4) is 0 Å². The molecule has 2 unspecified atom stereocenters. The van der Waals surface area contributed by atoms with E-state index in [2.05, 4.69) is 100 Å². The topological polar surface area (TPSA) is 0 Å². The lowest BCUT2D eigenvalue weighted by molar-refractivity contribution is 0.0997. The van der Waals surface area contributed by atoms with Gasteiger partial charge < -0.3 is 0 Å². The summed E-state index contributed by atoms with van der Waals surface area (Å²) >= 11 is 0. The second kappa shape index (κ2) is 3.91. The van der Waals surface area contributed by atoms with Crippen LogP contribution >= 0.6 is 0 Å². The highest BCUT2D eigenvalue weighted by Crippen LogP contribution is 2.81. The maximum Gasteiger partial charge on any atom is 0.0264 e. The first kappa shape index (κ1) is 14.6. The molecule has 0 heteroatoms. The molecule has 0 radical (unpaired) electrons. The molecule has 3 aromatic rings. The van der Waals surface area contributed by atoms with Gasteiger partial charge in [0.15, 0.2) is 0 Å². The predicted octanol–water partition coefficient (Wildman–Crippen LogP) is 5.55. The molecule has 3 aliphatic carbocycles. The van der Waals surface area contributed by atoms with Crippen molar-refractivity contribution in [1.82, 2.24) is 0 Å². The lowest BCUT2D eigenvalue weighted by Crippen LogP contribution is -2.51. The Bertz CT molecular complexity index is 892. The van der Waals surface area contributed by atoms with Crippen LogP contribution in [0.25, 0.3) is 0 Å². The minimum absolute atomic E-state index is 0.0112. The van der Waals surface area contributed by atoms with Crippen LogP contribution in [0.4, 0.5) is 0 Å². The molecule has 0 amide bonds. The summed E-state index contributed by atoms with van der Waals surface area (Å²) in [5.41, 5.74) is 8.81. The minimum atomic E-state index is -0.0347. The molecule has 0 aliphatic heterocycles. The number of rotatable bonds is 0. The molecule has 3 aliphatic rings. The Morgan fingerprint density at radius 1 is 0.500 bits per heavy atom. The van der Waals surface area contributed by atoms with Gasteiger partial charge in [-0.15, -0.1) is 0 Å². The van der Waals surface area contributed by atoms with Crippen molar-refractivity contribution >= 4 is 0 Å². The summed E-state index contributed by atoms with van der Waals surface area (Å²) < 4.78 is 0. The van der Waals surface area contributed by atoms with Crippen molar-refractivity contribution in [3.8, 4) is 0 Å². The van der Waals surface area contributed by atoms with E-state index in [9.17, 15) is 0 Å². The standard InChI is InChI=1S/C26H22/c1-23-17-11-5-7-13-19(17)24(2)21-15-9-10-16-22(21)25(3,26(23,24)4)20-14-8-6-12-18(20)23/h5-8,11-16H,1-4H3/t23?,24-,25+,26?. The first-order chi connectivity index (χ1) is 12.4. The van der Waals surface area contributed by atoms with E-state index < -0.39 is 0 Å². The second-order valence-corrected chi connectivity index (χ2v) is 9.00. The molecule has 0 aromatic heterocycles. The van der Waals surface area contributed by atoms with Crippen LogP contribution in [0.5, 0.6) is 0 Å². The molecule has 0 fully saturated rings. The van der Waals surface area contributed by atoms with Gasteiger partial charge in [0.05, 0.1) is 0 Å². The van der Waals surface area contributed by atoms with Crippen LogP contribution in [0.15, 0.2) is 60.7 Å². The van der Waals surface area contributed by atoms with Crippen molar-refractivity contribution in [3.63, 3.8) is 0 Å². The van der Waals surface area contributed by atoms with E-state index in [0.29, 0.717) is 0 Å². The predicted molar refractivity (Wildman–Crippen MR) is 104 cm³/mol. The molecule has 0 saturated carbocycles. The molecule has 0 heterocycles. The SMILES string of the molecule is CC12c3ccccc3[C@@]3(C)c4cc#ccc4[C@@](C)(c4ccccc41)C23C. The molecule has 26 heavy (non-hydrogen) atoms. The molecular formula is C26H22. The third-order valence-electron chi connectivity index (χ3n) is 8.89. The Morgan fingerprint density at radius 2 is 0.808 bits per heavy atom. The fourth-order valence-electron chi connectivity index (χ4n) is 7.47. The van der Waals surface area contributed by atoms with Crippen LogP contribution < -0.4 is 0 Å². The third-order valence-corrected chi connectivity index (χ3v) is 8.89. The summed E-state index contributed by atoms with van der Waals surface area (Å²) in [5, 5.41) is 0. The van der Waals surface area contributed by atoms with Gasteiger partial charge in [0, 0.05) is 21.7 Å². The van der Waals surface area contributed by atoms with Crippen LogP contribution in [0.1, 0.15) is 61.1 Å². The van der Waals surface area contributed by atoms with Crippen molar-refractivity contribution in [2.45, 2.75) is 43.9 Å². The number of hydrogen-bond acceptors (Lipinski definition) is 0. The van der Waals surface area contributed by atoms with Gasteiger partial charge in [-0.2, -0.15) is 0 Å². The summed E-state index contributed by atoms with van der Waals surface area (Å²) in [4.78, 5) is 0. The summed E-state index contributed by atoms with van der Waals surface area (Å²) in [5.74, 6) is 0. The van der Waals surface area contributed by atoms with Gasteiger partial charge in [0.25, 0.3) is 0 Å². The Hall–Kier alpha value is -2.52. The van der Waals surface area contributed by atoms with Gasteiger partial charge >= 0.3 is 0 Å². The smallest absolute Gasteiger partial charge is 0.0264 e. The zero-order valence-electron chi connectivity index (χ0n) is 15.8. The van der Waals surface area contributed by atoms with Gasteiger partial charge in [0.2, 0.25) is 0 Å². The van der Waals surface area contributed by atoms with Crippen molar-refractivity contribution in [2.24, 2.45) is 5.41 Å². The molecular weight excluding hydrogens is 312 g/mol. The van der Waals surface area contributed by atoms with Gasteiger partial charge in [-0.25, -0.2) is 0 Å². The molecule has 126 valence electrons. The van der Waals surface area contributed by atoms with Crippen molar-refractivity contribution in [1.29, 1.82) is 0 Å². The first-order valence-electron chi connectivity index (χ1n) is 9.56. The molecule has 0 saturated heterocycles. The Balaban J connectivity index is 1.93. The summed E-state index contributed by atoms with van der Waals surface area (Å²) in [6.07, 6.45) is 0. The van der Waals surface area contributed by atoms with Gasteiger partial charge in [-0.3, -0.25) is 0 Å². The minimum Gasteiger partial charge on any atom is -0.0699 e. The lowest BCUT2D eigenvalue weighted by atomic mass is 9.52. The molecule has 3 aromatic carbocycles. The normalized spacial score (nSPS) is 37.5. The van der Waals surface area contributed by atoms with Crippen molar-refractivity contribution in [3.05, 3.63) is 106 Å². The van der Waals surface area contributed by atoms with Crippen LogP contribution in [-0.4, -0.2) is 0 Å². The first-order valence-corrected chi connectivity index (χ1v) is 9.56. The van der Waals surface area contributed by atoms with E-state index in [1.165, 1.54) is 33.4 Å². The highest BCUT2D eigenvalue weighted by Gasteiger charge is 2.79. The fourth-order valence-corrected chi connectivity index (χ4v) is 7.47. The zero-order chi connectivity index (χ0) is 17.9. The Morgan fingerprint density at radius 3 is 1.15 bits per heavy atom. The Kier molecular flexibility index (Phi) is 2.20. The highest BCUT2D eigenvalue weighted by molar-refractivity contribution is 5.75. The summed E-state index contributed by atoms with van der Waals surface area (Å²) in [7, 11) is 0. The Labute approximate surface area is 155 Å². The molecule has 6 rings (SSSR count). The zero-order valence-corrected chi connectivity index (χ0v) is 15.8. The maximum atomic E-state index is 3.27. The number of benzene rings is 2. The van der Waals surface area contributed by atoms with E-state index in [1.807, 2.05) is 0 Å². The molecule has 0 bridgehead atoms. The fraction of sp³-hybridized carbons (Fsp3) is 0.308.